The lowest BCUT2D eigenvalue weighted by Crippen LogP contribution is -2.41. The Hall–Kier alpha value is -8.98. The third kappa shape index (κ3) is 4.59. The molecule has 3 fully saturated rings. The Morgan fingerprint density at radius 1 is 0.487 bits per heavy atom. The summed E-state index contributed by atoms with van der Waals surface area (Å²) in [6, 6.07) is 69.1. The van der Waals surface area contributed by atoms with Gasteiger partial charge in [-0.1, -0.05) is 146 Å². The van der Waals surface area contributed by atoms with Crippen molar-refractivity contribution in [3.63, 3.8) is 0 Å². The van der Waals surface area contributed by atoms with Crippen molar-refractivity contribution in [2.45, 2.75) is 49.4 Å². The molecule has 356 valence electrons. The van der Waals surface area contributed by atoms with Gasteiger partial charge < -0.3 is 13.2 Å². The van der Waals surface area contributed by atoms with Crippen molar-refractivity contribution in [2.75, 3.05) is 0 Å². The number of hydrogen-bond donors (Lipinski definition) is 0. The molecule has 5 atom stereocenters. The van der Waals surface area contributed by atoms with E-state index < -0.39 is 5.41 Å². The molecule has 0 radical (unpaired) electrons. The molecule has 0 saturated heterocycles. The smallest absolute Gasteiger partial charge is 0.136 e. The van der Waals surface area contributed by atoms with Gasteiger partial charge in [0.2, 0.25) is 0 Å². The second-order valence-corrected chi connectivity index (χ2v) is 23.1. The summed E-state index contributed by atoms with van der Waals surface area (Å²) < 4.78 is 16.1. The fraction of sp³-hybridized carbons (Fsp3) is 0.155. The highest BCUT2D eigenvalue weighted by atomic mass is 16.3. The van der Waals surface area contributed by atoms with Crippen LogP contribution in [0.2, 0.25) is 0 Å². The minimum atomic E-state index is -0.704. The number of fused-ring (bicyclic) bond motifs is 22. The number of aromatic nitrogens is 2. The second kappa shape index (κ2) is 13.8. The lowest BCUT2D eigenvalue weighted by Gasteiger charge is -2.48. The van der Waals surface area contributed by atoms with Gasteiger partial charge in [0.15, 0.2) is 0 Å². The van der Waals surface area contributed by atoms with Crippen LogP contribution in [0.1, 0.15) is 83.0 Å². The summed E-state index contributed by atoms with van der Waals surface area (Å²) >= 11 is 0. The van der Waals surface area contributed by atoms with Crippen molar-refractivity contribution in [3.8, 4) is 39.4 Å². The lowest BCUT2D eigenvalue weighted by molar-refractivity contribution is 0.00322. The Bertz CT molecular complexity index is 4930. The number of benzene rings is 9. The Kier molecular flexibility index (Phi) is 7.36. The summed E-state index contributed by atoms with van der Waals surface area (Å²) in [4.78, 5) is 5.86. The van der Waals surface area contributed by atoms with Crippen molar-refractivity contribution in [1.29, 1.82) is 5.26 Å². The molecule has 0 N–H and O–H groups in total. The van der Waals surface area contributed by atoms with Gasteiger partial charge >= 0.3 is 0 Å². The van der Waals surface area contributed by atoms with Crippen LogP contribution in [0, 0.1) is 28.6 Å². The molecule has 5 heterocycles. The van der Waals surface area contributed by atoms with E-state index >= 15 is 0 Å². The summed E-state index contributed by atoms with van der Waals surface area (Å²) in [7, 11) is 0. The molecule has 5 aliphatic carbocycles. The summed E-state index contributed by atoms with van der Waals surface area (Å²) in [5.74, 6) is 2.33. The summed E-state index contributed by atoms with van der Waals surface area (Å²) in [6.07, 6.45) is 8.38. The molecule has 14 aromatic rings. The number of furan rings is 2. The van der Waals surface area contributed by atoms with E-state index in [1.807, 2.05) is 0 Å². The van der Waals surface area contributed by atoms with Gasteiger partial charge in [0.25, 0.3) is 0 Å². The molecule has 5 heteroatoms. The van der Waals surface area contributed by atoms with Crippen molar-refractivity contribution in [2.24, 2.45) is 17.3 Å². The third-order valence-corrected chi connectivity index (χ3v) is 20.2. The molecule has 3 bridgehead atoms. The molecule has 1 spiro atoms. The zero-order chi connectivity index (χ0) is 49.3. The average molecular weight is 972 g/mol. The first-order valence-corrected chi connectivity index (χ1v) is 27.3. The highest BCUT2D eigenvalue weighted by Crippen LogP contribution is 2.77. The first-order chi connectivity index (χ1) is 37.6. The lowest BCUT2D eigenvalue weighted by atomic mass is 9.56. The summed E-state index contributed by atoms with van der Waals surface area (Å²) in [6.45, 7) is 0. The maximum atomic E-state index is 11.6. The molecule has 5 unspecified atom stereocenters. The standard InChI is InChI=1S/C71H45N3O2/c72-36-40-31-53-66(60-39-30-44-32-43-29-38(59(40)60)34-70(43,44)35-39)63-50(45-22-13-27-57-61(45)48-20-8-11-25-55(48)75-57)33-51(46-23-14-28-58-62(46)49-21-9-12-26-56(49)76-58)64-67-54(74(53)68(63)64)37-73-69-65(67)47-19-7-10-24-52(47)71(69,41-15-3-1-4-16-41)42-17-5-2-6-18-42/h1-28,31,33,37-39,43-44H,29-30,32,34-35H2. The number of nitrogens with zero attached hydrogens (tertiary/aromatic N) is 3. The van der Waals surface area contributed by atoms with Crippen LogP contribution < -0.4 is 0 Å². The van der Waals surface area contributed by atoms with E-state index in [1.165, 1.54) is 98.1 Å². The van der Waals surface area contributed by atoms with Gasteiger partial charge in [0.1, 0.15) is 22.3 Å². The number of pyridine rings is 1. The topological polar surface area (TPSA) is 67.4 Å². The van der Waals surface area contributed by atoms with Crippen molar-refractivity contribution in [1.82, 2.24) is 9.38 Å². The molecule has 76 heavy (non-hydrogen) atoms. The maximum absolute atomic E-state index is 11.6. The maximum Gasteiger partial charge on any atom is 0.136 e. The van der Waals surface area contributed by atoms with E-state index in [2.05, 4.69) is 199 Å². The molecular formula is C71H45N3O2. The van der Waals surface area contributed by atoms with E-state index in [0.717, 1.165) is 100 Å². The SMILES string of the molecule is N#Cc1cc2c(c3c1C1CC4CC5CC3CC45C1)c1c(-c3cccc4oc5ccccc5c34)cc(-c3cccc4oc5ccccc5c34)c3c4c5c(ncc4n2c31)C(c1ccccc1)(c1ccccc1)c1ccccc1-5. The molecule has 5 aromatic heterocycles. The number of hydrogen-bond acceptors (Lipinski definition) is 4. The van der Waals surface area contributed by atoms with E-state index in [9.17, 15) is 5.26 Å². The zero-order valence-corrected chi connectivity index (χ0v) is 41.4. The van der Waals surface area contributed by atoms with Gasteiger partial charge in [-0.05, 0) is 153 Å². The monoisotopic (exact) mass is 971 g/mol. The largest absolute Gasteiger partial charge is 0.456 e. The third-order valence-electron chi connectivity index (χ3n) is 20.2. The normalized spacial score (nSPS) is 21.6. The molecule has 5 nitrogen and oxygen atoms in total. The van der Waals surface area contributed by atoms with Gasteiger partial charge in [0, 0.05) is 48.7 Å². The second-order valence-electron chi connectivity index (χ2n) is 23.1. The predicted octanol–water partition coefficient (Wildman–Crippen LogP) is 18.0. The molecular weight excluding hydrogens is 927 g/mol. The van der Waals surface area contributed by atoms with Crippen LogP contribution in [0.4, 0.5) is 0 Å². The quantitative estimate of drug-likeness (QED) is 0.176. The Morgan fingerprint density at radius 2 is 1.04 bits per heavy atom. The number of rotatable bonds is 4. The predicted molar refractivity (Wildman–Crippen MR) is 304 cm³/mol. The number of nitriles is 1. The fourth-order valence-corrected chi connectivity index (χ4v) is 17.7. The molecule has 0 aliphatic heterocycles. The van der Waals surface area contributed by atoms with Crippen LogP contribution in [-0.4, -0.2) is 9.38 Å². The molecule has 19 rings (SSSR count). The van der Waals surface area contributed by atoms with Crippen LogP contribution in [0.5, 0.6) is 0 Å². The average Bonchev–Trinajstić information content (AvgIpc) is 4.48. The van der Waals surface area contributed by atoms with Crippen molar-refractivity contribution < 1.29 is 8.83 Å². The van der Waals surface area contributed by atoms with Gasteiger partial charge in [-0.15, -0.1) is 0 Å². The fourth-order valence-electron chi connectivity index (χ4n) is 17.7. The van der Waals surface area contributed by atoms with Crippen molar-refractivity contribution >= 4 is 82.0 Å². The Balaban J connectivity index is 1.08. The highest BCUT2D eigenvalue weighted by Gasteiger charge is 2.66. The Labute approximate surface area is 436 Å². The summed E-state index contributed by atoms with van der Waals surface area (Å²) in [5.41, 5.74) is 21.7. The van der Waals surface area contributed by atoms with E-state index in [0.29, 0.717) is 17.3 Å². The zero-order valence-electron chi connectivity index (χ0n) is 41.4. The van der Waals surface area contributed by atoms with Crippen LogP contribution in [-0.2, 0) is 5.41 Å². The van der Waals surface area contributed by atoms with Gasteiger partial charge in [-0.2, -0.15) is 5.26 Å². The van der Waals surface area contributed by atoms with E-state index in [4.69, 9.17) is 13.8 Å². The first-order valence-electron chi connectivity index (χ1n) is 27.3. The van der Waals surface area contributed by atoms with Gasteiger partial charge in [-0.25, -0.2) is 0 Å². The van der Waals surface area contributed by atoms with Crippen LogP contribution in [0.25, 0.3) is 115 Å². The summed E-state index contributed by atoms with van der Waals surface area (Å²) in [5, 5.41) is 21.0. The van der Waals surface area contributed by atoms with E-state index in [-0.39, 0.29) is 0 Å². The first kappa shape index (κ1) is 40.4. The van der Waals surface area contributed by atoms with Crippen LogP contribution >= 0.6 is 0 Å². The number of para-hydroxylation sites is 2. The molecule has 5 aliphatic rings. The molecule has 0 amide bonds. The molecule has 3 saturated carbocycles. The van der Waals surface area contributed by atoms with Crippen LogP contribution in [0.3, 0.4) is 0 Å². The molecule has 9 aromatic carbocycles. The van der Waals surface area contributed by atoms with Crippen LogP contribution in [0.15, 0.2) is 197 Å². The minimum Gasteiger partial charge on any atom is -0.456 e. The van der Waals surface area contributed by atoms with E-state index in [1.54, 1.807) is 0 Å². The van der Waals surface area contributed by atoms with Gasteiger partial charge in [-0.3, -0.25) is 4.98 Å². The van der Waals surface area contributed by atoms with Crippen molar-refractivity contribution in [3.05, 3.63) is 227 Å². The van der Waals surface area contributed by atoms with Gasteiger partial charge in [0.05, 0.1) is 45.5 Å². The highest BCUT2D eigenvalue weighted by molar-refractivity contribution is 6.35. The Morgan fingerprint density at radius 3 is 1.68 bits per heavy atom. The minimum absolute atomic E-state index is 0.388.